The Labute approximate surface area is 102 Å². The van der Waals surface area contributed by atoms with Crippen molar-refractivity contribution in [1.82, 2.24) is 5.32 Å². The summed E-state index contributed by atoms with van der Waals surface area (Å²) in [7, 11) is 0. The molecule has 0 bridgehead atoms. The maximum atomic E-state index is 11.9. The first-order valence-electron chi connectivity index (χ1n) is 4.97. The second kappa shape index (κ2) is 6.46. The smallest absolute Gasteiger partial charge is 0.265 e. The third kappa shape index (κ3) is 4.62. The number of carbonyl (C=O) groups excluding carboxylic acids is 1. The topological polar surface area (TPSA) is 49.3 Å². The van der Waals surface area contributed by atoms with E-state index < -0.39 is 25.0 Å². The molecule has 0 saturated carbocycles. The van der Waals surface area contributed by atoms with Crippen LogP contribution < -0.4 is 5.32 Å². The van der Waals surface area contributed by atoms with Gasteiger partial charge in [-0.1, -0.05) is 0 Å². The molecule has 1 amide bonds. The monoisotopic (exact) mass is 261 g/mol. The molecule has 0 aliphatic heterocycles. The minimum Gasteiger partial charge on any atom is -0.385 e. The Kier molecular flexibility index (Phi) is 5.24. The molecule has 3 nitrogen and oxygen atoms in total. The minimum atomic E-state index is -2.85. The summed E-state index contributed by atoms with van der Waals surface area (Å²) in [4.78, 5) is 12.2. The summed E-state index contributed by atoms with van der Waals surface area (Å²) in [6, 6.07) is 1.92. The lowest BCUT2D eigenvalue weighted by Crippen LogP contribution is -2.34. The molecule has 17 heavy (non-hydrogen) atoms. The number of amides is 1. The van der Waals surface area contributed by atoms with Gasteiger partial charge in [0.2, 0.25) is 5.91 Å². The molecule has 1 unspecified atom stereocenters. The maximum Gasteiger partial charge on any atom is 0.265 e. The number of halogens is 2. The molecule has 1 atom stereocenters. The van der Waals surface area contributed by atoms with Crippen LogP contribution in [0.25, 0.3) is 6.08 Å². The third-order valence-electron chi connectivity index (χ3n) is 2.06. The number of thiophene rings is 1. The van der Waals surface area contributed by atoms with Gasteiger partial charge in [-0.3, -0.25) is 4.79 Å². The number of hydrogen-bond donors (Lipinski definition) is 2. The molecule has 0 saturated heterocycles. The number of alkyl halides is 2. The first-order valence-corrected chi connectivity index (χ1v) is 5.85. The largest absolute Gasteiger partial charge is 0.385 e. The van der Waals surface area contributed by atoms with Crippen LogP contribution in [0.2, 0.25) is 0 Å². The average Bonchev–Trinajstić information content (AvgIpc) is 2.68. The molecule has 0 aliphatic rings. The van der Waals surface area contributed by atoms with Crippen molar-refractivity contribution in [3.8, 4) is 0 Å². The van der Waals surface area contributed by atoms with Crippen molar-refractivity contribution in [2.45, 2.75) is 19.5 Å². The number of aliphatic hydroxyl groups is 1. The lowest BCUT2D eigenvalue weighted by atomic mass is 10.3. The number of rotatable bonds is 5. The van der Waals surface area contributed by atoms with Crippen LogP contribution in [-0.2, 0) is 4.79 Å². The van der Waals surface area contributed by atoms with Crippen molar-refractivity contribution < 1.29 is 18.7 Å². The van der Waals surface area contributed by atoms with Crippen LogP contribution in [0, 0.1) is 6.92 Å². The van der Waals surface area contributed by atoms with E-state index in [4.69, 9.17) is 5.11 Å². The van der Waals surface area contributed by atoms with E-state index in [1.54, 1.807) is 6.08 Å². The van der Waals surface area contributed by atoms with Gasteiger partial charge >= 0.3 is 0 Å². The number of nitrogens with one attached hydrogen (secondary N) is 1. The lowest BCUT2D eigenvalue weighted by molar-refractivity contribution is -0.117. The number of carbonyl (C=O) groups is 1. The second-order valence-electron chi connectivity index (χ2n) is 3.45. The zero-order chi connectivity index (χ0) is 12.8. The van der Waals surface area contributed by atoms with E-state index in [9.17, 15) is 13.6 Å². The van der Waals surface area contributed by atoms with Crippen LogP contribution in [-0.4, -0.2) is 30.1 Å². The fourth-order valence-electron chi connectivity index (χ4n) is 1.06. The molecule has 1 aromatic heterocycles. The predicted molar refractivity (Wildman–Crippen MR) is 63.1 cm³/mol. The lowest BCUT2D eigenvalue weighted by Gasteiger charge is -2.08. The molecule has 1 aromatic rings. The Balaban J connectivity index is 2.40. The summed E-state index contributed by atoms with van der Waals surface area (Å²) in [5.74, 6) is -0.502. The van der Waals surface area contributed by atoms with Gasteiger partial charge in [0, 0.05) is 17.5 Å². The zero-order valence-corrected chi connectivity index (χ0v) is 10.0. The van der Waals surface area contributed by atoms with Crippen LogP contribution in [0.1, 0.15) is 10.4 Å². The molecule has 94 valence electrons. The van der Waals surface area contributed by atoms with E-state index in [0.717, 1.165) is 10.4 Å². The molecule has 0 aliphatic carbocycles. The van der Waals surface area contributed by atoms with Crippen LogP contribution in [0.3, 0.4) is 0 Å². The zero-order valence-electron chi connectivity index (χ0n) is 9.19. The van der Waals surface area contributed by atoms with E-state index in [1.165, 1.54) is 17.4 Å². The number of aryl methyl sites for hydroxylation is 1. The second-order valence-corrected chi connectivity index (χ2v) is 4.40. The Bertz CT molecular complexity index is 404. The van der Waals surface area contributed by atoms with Crippen molar-refractivity contribution >= 4 is 23.3 Å². The van der Waals surface area contributed by atoms with Crippen LogP contribution in [0.4, 0.5) is 8.78 Å². The fourth-order valence-corrected chi connectivity index (χ4v) is 1.88. The molecule has 0 aromatic carbocycles. The van der Waals surface area contributed by atoms with Gasteiger partial charge in [-0.2, -0.15) is 0 Å². The summed E-state index contributed by atoms with van der Waals surface area (Å²) in [5, 5.41) is 12.9. The van der Waals surface area contributed by atoms with Gasteiger partial charge in [0.05, 0.1) is 0 Å². The fraction of sp³-hybridized carbons (Fsp3) is 0.364. The molecule has 0 radical (unpaired) electrons. The predicted octanol–water partition coefficient (Wildman–Crippen LogP) is 1.81. The third-order valence-corrected chi connectivity index (χ3v) is 3.05. The highest BCUT2D eigenvalue weighted by atomic mass is 32.1. The molecule has 0 fully saturated rings. The van der Waals surface area contributed by atoms with E-state index in [1.807, 2.05) is 18.4 Å². The van der Waals surface area contributed by atoms with Gasteiger partial charge in [-0.15, -0.1) is 11.3 Å². The van der Waals surface area contributed by atoms with Crippen LogP contribution in [0.15, 0.2) is 17.5 Å². The maximum absolute atomic E-state index is 11.9. The Morgan fingerprint density at radius 3 is 2.88 bits per heavy atom. The van der Waals surface area contributed by atoms with Gasteiger partial charge in [-0.25, -0.2) is 8.78 Å². The van der Waals surface area contributed by atoms with Gasteiger partial charge in [0.25, 0.3) is 6.43 Å². The van der Waals surface area contributed by atoms with Gasteiger partial charge in [0.1, 0.15) is 6.10 Å². The van der Waals surface area contributed by atoms with Crippen molar-refractivity contribution in [2.24, 2.45) is 0 Å². The van der Waals surface area contributed by atoms with Crippen molar-refractivity contribution in [3.63, 3.8) is 0 Å². The standard InChI is InChI=1S/C11H13F2NO2S/c1-7-4-5-17-9(7)2-3-10(16)14-6-8(15)11(12)13/h2-5,8,11,15H,6H2,1H3,(H,14,16)/b3-2+. The molecule has 2 N–H and O–H groups in total. The van der Waals surface area contributed by atoms with E-state index in [-0.39, 0.29) is 0 Å². The Morgan fingerprint density at radius 2 is 2.35 bits per heavy atom. The molecular weight excluding hydrogens is 248 g/mol. The van der Waals surface area contributed by atoms with E-state index in [2.05, 4.69) is 5.32 Å². The summed E-state index contributed by atoms with van der Waals surface area (Å²) in [5.41, 5.74) is 1.05. The number of aliphatic hydroxyl groups excluding tert-OH is 1. The highest BCUT2D eigenvalue weighted by Gasteiger charge is 2.16. The summed E-state index contributed by atoms with van der Waals surface area (Å²) in [6.07, 6.45) is -1.80. The first kappa shape index (κ1) is 13.8. The molecule has 1 heterocycles. The first-order chi connectivity index (χ1) is 8.00. The Morgan fingerprint density at radius 1 is 1.65 bits per heavy atom. The van der Waals surface area contributed by atoms with Crippen molar-refractivity contribution in [1.29, 1.82) is 0 Å². The molecule has 6 heteroatoms. The van der Waals surface area contributed by atoms with Crippen LogP contribution >= 0.6 is 11.3 Å². The van der Waals surface area contributed by atoms with Crippen molar-refractivity contribution in [2.75, 3.05) is 6.54 Å². The van der Waals surface area contributed by atoms with Gasteiger partial charge in [-0.05, 0) is 30.0 Å². The highest BCUT2D eigenvalue weighted by molar-refractivity contribution is 7.11. The normalized spacial score (nSPS) is 13.2. The van der Waals surface area contributed by atoms with Crippen LogP contribution in [0.5, 0.6) is 0 Å². The van der Waals surface area contributed by atoms with Gasteiger partial charge < -0.3 is 10.4 Å². The van der Waals surface area contributed by atoms with Crippen molar-refractivity contribution in [3.05, 3.63) is 28.0 Å². The quantitative estimate of drug-likeness (QED) is 0.794. The SMILES string of the molecule is Cc1ccsc1/C=C/C(=O)NCC(O)C(F)F. The molecule has 0 spiro atoms. The van der Waals surface area contributed by atoms with Gasteiger partial charge in [0.15, 0.2) is 0 Å². The summed E-state index contributed by atoms with van der Waals surface area (Å²) in [6.45, 7) is 1.46. The average molecular weight is 261 g/mol. The molecular formula is C11H13F2NO2S. The molecule has 1 rings (SSSR count). The van der Waals surface area contributed by atoms with E-state index >= 15 is 0 Å². The Hall–Kier alpha value is -1.27. The minimum absolute atomic E-state index is 0.454. The summed E-state index contributed by atoms with van der Waals surface area (Å²) >= 11 is 1.48. The highest BCUT2D eigenvalue weighted by Crippen LogP contribution is 2.16. The van der Waals surface area contributed by atoms with E-state index in [0.29, 0.717) is 0 Å². The summed E-state index contributed by atoms with van der Waals surface area (Å²) < 4.78 is 23.8. The number of hydrogen-bond acceptors (Lipinski definition) is 3.